The Morgan fingerprint density at radius 2 is 2.09 bits per heavy atom. The molecule has 0 spiro atoms. The summed E-state index contributed by atoms with van der Waals surface area (Å²) in [6.07, 6.45) is 3.85. The highest BCUT2D eigenvalue weighted by Gasteiger charge is 2.38. The van der Waals surface area contributed by atoms with Gasteiger partial charge in [0.1, 0.15) is 0 Å². The van der Waals surface area contributed by atoms with Crippen molar-refractivity contribution in [3.63, 3.8) is 0 Å². The maximum atomic E-state index is 12.6. The van der Waals surface area contributed by atoms with Gasteiger partial charge in [-0.05, 0) is 43.5 Å². The van der Waals surface area contributed by atoms with Gasteiger partial charge in [-0.3, -0.25) is 9.78 Å². The molecular weight excluding hydrogens is 276 g/mol. The molecule has 0 saturated heterocycles. The average molecular weight is 294 g/mol. The molecule has 0 aliphatic carbocycles. The van der Waals surface area contributed by atoms with Crippen LogP contribution < -0.4 is 0 Å². The molecule has 0 radical (unpaired) electrons. The fourth-order valence-corrected chi connectivity index (χ4v) is 2.54. The molecule has 0 fully saturated rings. The highest BCUT2D eigenvalue weighted by atomic mass is 16.5. The van der Waals surface area contributed by atoms with Gasteiger partial charge in [-0.2, -0.15) is 5.26 Å². The quantitative estimate of drug-likeness (QED) is 0.795. The first-order chi connectivity index (χ1) is 10.6. The van der Waals surface area contributed by atoms with Gasteiger partial charge in [-0.1, -0.05) is 24.3 Å². The lowest BCUT2D eigenvalue weighted by atomic mass is 9.75. The Kier molecular flexibility index (Phi) is 4.90. The van der Waals surface area contributed by atoms with Gasteiger partial charge in [0.15, 0.2) is 0 Å². The van der Waals surface area contributed by atoms with E-state index in [2.05, 4.69) is 11.1 Å². The molecular formula is C18H18N2O2. The molecule has 0 aliphatic heterocycles. The molecule has 4 heteroatoms. The number of ether oxygens (including phenoxy) is 1. The minimum Gasteiger partial charge on any atom is -0.465 e. The van der Waals surface area contributed by atoms with Crippen LogP contribution in [0.25, 0.3) is 0 Å². The Morgan fingerprint density at radius 1 is 1.32 bits per heavy atom. The smallest absolute Gasteiger partial charge is 0.316 e. The fraction of sp³-hybridized carbons (Fsp3) is 0.278. The van der Waals surface area contributed by atoms with Crippen LogP contribution in [-0.2, 0) is 21.4 Å². The molecule has 2 aromatic rings. The highest BCUT2D eigenvalue weighted by molar-refractivity contribution is 5.84. The van der Waals surface area contributed by atoms with E-state index in [1.807, 2.05) is 31.2 Å². The van der Waals surface area contributed by atoms with Gasteiger partial charge in [0.2, 0.25) is 0 Å². The number of nitrogens with zero attached hydrogens (tertiary/aromatic N) is 2. The predicted molar refractivity (Wildman–Crippen MR) is 83.1 cm³/mol. The summed E-state index contributed by atoms with van der Waals surface area (Å²) < 4.78 is 5.26. The number of pyridine rings is 1. The molecule has 1 unspecified atom stereocenters. The van der Waals surface area contributed by atoms with Crippen molar-refractivity contribution in [2.45, 2.75) is 25.7 Å². The lowest BCUT2D eigenvalue weighted by Crippen LogP contribution is -2.37. The number of nitriles is 1. The molecule has 0 N–H and O–H groups in total. The molecule has 0 aliphatic rings. The fourth-order valence-electron chi connectivity index (χ4n) is 2.54. The van der Waals surface area contributed by atoms with Crippen molar-refractivity contribution in [2.24, 2.45) is 0 Å². The Morgan fingerprint density at radius 3 is 2.73 bits per heavy atom. The maximum absolute atomic E-state index is 12.6. The molecule has 1 atom stereocenters. The van der Waals surface area contributed by atoms with Crippen molar-refractivity contribution in [3.8, 4) is 6.07 Å². The van der Waals surface area contributed by atoms with Gasteiger partial charge in [-0.25, -0.2) is 0 Å². The van der Waals surface area contributed by atoms with E-state index in [9.17, 15) is 10.1 Å². The van der Waals surface area contributed by atoms with Crippen molar-refractivity contribution in [1.82, 2.24) is 4.98 Å². The second kappa shape index (κ2) is 6.86. The molecule has 22 heavy (non-hydrogen) atoms. The third kappa shape index (κ3) is 3.15. The molecule has 0 amide bonds. The third-order valence-corrected chi connectivity index (χ3v) is 3.65. The van der Waals surface area contributed by atoms with Crippen molar-refractivity contribution in [2.75, 3.05) is 6.61 Å². The summed E-state index contributed by atoms with van der Waals surface area (Å²) in [6, 6.07) is 13.1. The number of esters is 1. The Bertz CT molecular complexity index is 692. The third-order valence-electron chi connectivity index (χ3n) is 3.65. The molecule has 2 rings (SSSR count). The highest BCUT2D eigenvalue weighted by Crippen LogP contribution is 2.32. The van der Waals surface area contributed by atoms with Crippen molar-refractivity contribution < 1.29 is 9.53 Å². The first kappa shape index (κ1) is 15.7. The lowest BCUT2D eigenvalue weighted by Gasteiger charge is -2.28. The summed E-state index contributed by atoms with van der Waals surface area (Å²) in [5, 5.41) is 9.35. The van der Waals surface area contributed by atoms with E-state index in [4.69, 9.17) is 4.74 Å². The van der Waals surface area contributed by atoms with Crippen molar-refractivity contribution in [3.05, 3.63) is 65.5 Å². The van der Waals surface area contributed by atoms with E-state index in [1.165, 1.54) is 0 Å². The Balaban J connectivity index is 2.51. The van der Waals surface area contributed by atoms with Gasteiger partial charge < -0.3 is 4.74 Å². The van der Waals surface area contributed by atoms with Crippen LogP contribution in [0.5, 0.6) is 0 Å². The first-order valence-electron chi connectivity index (χ1n) is 7.17. The van der Waals surface area contributed by atoms with Gasteiger partial charge in [-0.15, -0.1) is 0 Å². The second-order valence-electron chi connectivity index (χ2n) is 5.25. The summed E-state index contributed by atoms with van der Waals surface area (Å²) >= 11 is 0. The summed E-state index contributed by atoms with van der Waals surface area (Å²) in [7, 11) is 0. The Labute approximate surface area is 130 Å². The zero-order chi connectivity index (χ0) is 16.0. The van der Waals surface area contributed by atoms with Crippen LogP contribution in [0.3, 0.4) is 0 Å². The topological polar surface area (TPSA) is 63.0 Å². The van der Waals surface area contributed by atoms with E-state index in [0.717, 1.165) is 5.56 Å². The number of carbonyl (C=O) groups is 1. The minimum atomic E-state index is -0.925. The molecule has 0 bridgehead atoms. The monoisotopic (exact) mass is 294 g/mol. The number of aromatic nitrogens is 1. The van der Waals surface area contributed by atoms with Gasteiger partial charge in [0.05, 0.1) is 23.7 Å². The van der Waals surface area contributed by atoms with E-state index in [-0.39, 0.29) is 5.97 Å². The number of benzene rings is 1. The van der Waals surface area contributed by atoms with Crippen molar-refractivity contribution in [1.29, 1.82) is 5.26 Å². The van der Waals surface area contributed by atoms with E-state index < -0.39 is 5.41 Å². The van der Waals surface area contributed by atoms with Crippen LogP contribution in [0.1, 0.15) is 30.5 Å². The van der Waals surface area contributed by atoms with E-state index >= 15 is 0 Å². The second-order valence-corrected chi connectivity index (χ2v) is 5.25. The summed E-state index contributed by atoms with van der Waals surface area (Å²) in [4.78, 5) is 16.7. The summed E-state index contributed by atoms with van der Waals surface area (Å²) in [5.41, 5.74) is 1.17. The molecule has 1 aromatic heterocycles. The van der Waals surface area contributed by atoms with Gasteiger partial charge >= 0.3 is 5.97 Å². The molecule has 0 saturated carbocycles. The number of hydrogen-bond donors (Lipinski definition) is 0. The van der Waals surface area contributed by atoms with Crippen LogP contribution in [0.15, 0.2) is 48.8 Å². The van der Waals surface area contributed by atoms with Crippen LogP contribution in [0, 0.1) is 11.3 Å². The average Bonchev–Trinajstić information content (AvgIpc) is 2.55. The number of rotatable bonds is 5. The van der Waals surface area contributed by atoms with Crippen LogP contribution in [-0.4, -0.2) is 17.6 Å². The summed E-state index contributed by atoms with van der Waals surface area (Å²) in [6.45, 7) is 3.89. The minimum absolute atomic E-state index is 0.302. The van der Waals surface area contributed by atoms with E-state index in [1.54, 1.807) is 31.5 Å². The molecule has 1 heterocycles. The standard InChI is InChI=1S/C18H18N2O2/c1-3-22-17(21)18(2,11-14-7-6-10-20-13-14)16-9-5-4-8-15(16)12-19/h4-10,13H,3,11H2,1-2H3. The van der Waals surface area contributed by atoms with Crippen LogP contribution in [0.2, 0.25) is 0 Å². The van der Waals surface area contributed by atoms with Crippen LogP contribution >= 0.6 is 0 Å². The maximum Gasteiger partial charge on any atom is 0.316 e. The SMILES string of the molecule is CCOC(=O)C(C)(Cc1cccnc1)c1ccccc1C#N. The van der Waals surface area contributed by atoms with Crippen molar-refractivity contribution >= 4 is 5.97 Å². The molecule has 112 valence electrons. The van der Waals surface area contributed by atoms with Gasteiger partial charge in [0.25, 0.3) is 0 Å². The predicted octanol–water partition coefficient (Wildman–Crippen LogP) is 3.02. The largest absolute Gasteiger partial charge is 0.465 e. The zero-order valence-electron chi connectivity index (χ0n) is 12.7. The first-order valence-corrected chi connectivity index (χ1v) is 7.17. The van der Waals surface area contributed by atoms with Crippen LogP contribution in [0.4, 0.5) is 0 Å². The molecule has 1 aromatic carbocycles. The zero-order valence-corrected chi connectivity index (χ0v) is 12.7. The van der Waals surface area contributed by atoms with Gasteiger partial charge in [0, 0.05) is 12.4 Å². The summed E-state index contributed by atoms with van der Waals surface area (Å²) in [5.74, 6) is -0.332. The normalized spacial score (nSPS) is 13.0. The molecule has 4 nitrogen and oxygen atoms in total. The number of hydrogen-bond acceptors (Lipinski definition) is 4. The lowest BCUT2D eigenvalue weighted by molar-refractivity contribution is -0.149. The van der Waals surface area contributed by atoms with E-state index in [0.29, 0.717) is 24.2 Å². The Hall–Kier alpha value is -2.67. The number of carbonyl (C=O) groups excluding carboxylic acids is 1.